The molecule has 0 fully saturated rings. The minimum absolute atomic E-state index is 0.629. The van der Waals surface area contributed by atoms with Crippen LogP contribution in [0.25, 0.3) is 88.1 Å². The lowest BCUT2D eigenvalue weighted by molar-refractivity contribution is 0.671. The molecule has 0 radical (unpaired) electrons. The summed E-state index contributed by atoms with van der Waals surface area (Å²) in [5.41, 5.74) is 10.7. The quantitative estimate of drug-likeness (QED) is 0.203. The van der Waals surface area contributed by atoms with Crippen LogP contribution in [0.1, 0.15) is 5.56 Å². The highest BCUT2D eigenvalue weighted by Gasteiger charge is 2.22. The minimum Gasteiger partial charge on any atom is -0.454 e. The highest BCUT2D eigenvalue weighted by atomic mass is 16.3. The lowest BCUT2D eigenvalue weighted by Crippen LogP contribution is -2.01. The fourth-order valence-electron chi connectivity index (χ4n) is 7.57. The third-order valence-corrected chi connectivity index (χ3v) is 9.56. The van der Waals surface area contributed by atoms with Crippen LogP contribution in [0.4, 0.5) is 0 Å². The standard InChI is InChI=1S/C43H25N3O/c44-26-28-11-10-17-30(41(28)46-37-18-7-4-14-31(37)32-15-5-8-19-38(32)46)27-21-24-39-36(25-27)34-22-23-35-33-16-6-9-20-40(33)47-43(35)42(34)45(39)29-12-2-1-3-13-29/h1-25H. The number of benzene rings is 7. The zero-order valence-corrected chi connectivity index (χ0v) is 25.2. The maximum Gasteiger partial charge on any atom is 0.160 e. The third kappa shape index (κ3) is 3.57. The number of fused-ring (bicyclic) bond motifs is 10. The molecule has 0 bridgehead atoms. The Labute approximate surface area is 269 Å². The van der Waals surface area contributed by atoms with Crippen molar-refractivity contribution in [3.8, 4) is 28.6 Å². The SMILES string of the molecule is N#Cc1cccc(-c2ccc3c(c2)c2ccc4c5ccccc5oc4c2n3-c2ccccc2)c1-n1c2ccccc2c2ccccc21. The van der Waals surface area contributed by atoms with Gasteiger partial charge in [-0.1, -0.05) is 97.1 Å². The predicted molar refractivity (Wildman–Crippen MR) is 193 cm³/mol. The summed E-state index contributed by atoms with van der Waals surface area (Å²) in [4.78, 5) is 0. The Morgan fingerprint density at radius 1 is 0.489 bits per heavy atom. The van der Waals surface area contributed by atoms with Gasteiger partial charge in [-0.05, 0) is 60.2 Å². The molecular formula is C43H25N3O. The molecule has 0 saturated carbocycles. The third-order valence-electron chi connectivity index (χ3n) is 9.56. The average molecular weight is 600 g/mol. The molecule has 7 aromatic carbocycles. The van der Waals surface area contributed by atoms with Crippen LogP contribution in [0.5, 0.6) is 0 Å². The summed E-state index contributed by atoms with van der Waals surface area (Å²) in [6.07, 6.45) is 0. The van der Waals surface area contributed by atoms with E-state index in [2.05, 4.69) is 137 Å². The van der Waals surface area contributed by atoms with Gasteiger partial charge >= 0.3 is 0 Å². The van der Waals surface area contributed by atoms with Crippen molar-refractivity contribution in [2.45, 2.75) is 0 Å². The summed E-state index contributed by atoms with van der Waals surface area (Å²) >= 11 is 0. The van der Waals surface area contributed by atoms with Gasteiger partial charge in [0.1, 0.15) is 11.7 Å². The number of hydrogen-bond acceptors (Lipinski definition) is 2. The Hall–Kier alpha value is -6.57. The van der Waals surface area contributed by atoms with Gasteiger partial charge < -0.3 is 13.6 Å². The highest BCUT2D eigenvalue weighted by molar-refractivity contribution is 6.22. The molecule has 10 aromatic rings. The fraction of sp³-hybridized carbons (Fsp3) is 0. The molecule has 0 aliphatic heterocycles. The van der Waals surface area contributed by atoms with Gasteiger partial charge in [-0.3, -0.25) is 0 Å². The van der Waals surface area contributed by atoms with Crippen molar-refractivity contribution in [2.24, 2.45) is 0 Å². The monoisotopic (exact) mass is 599 g/mol. The van der Waals surface area contributed by atoms with E-state index in [-0.39, 0.29) is 0 Å². The Bertz CT molecular complexity index is 2860. The molecular weight excluding hydrogens is 574 g/mol. The lowest BCUT2D eigenvalue weighted by atomic mass is 9.98. The molecule has 0 amide bonds. The molecule has 0 aliphatic carbocycles. The number of nitrogens with zero attached hydrogens (tertiary/aromatic N) is 3. The van der Waals surface area contributed by atoms with Gasteiger partial charge in [0.25, 0.3) is 0 Å². The van der Waals surface area contributed by atoms with Crippen LogP contribution in [0, 0.1) is 11.3 Å². The molecule has 0 spiro atoms. The number of nitriles is 1. The molecule has 4 nitrogen and oxygen atoms in total. The number of para-hydroxylation sites is 5. The number of rotatable bonds is 3. The Balaban J connectivity index is 1.31. The predicted octanol–water partition coefficient (Wildman–Crippen LogP) is 11.3. The molecule has 0 unspecified atom stereocenters. The number of furan rings is 1. The zero-order valence-electron chi connectivity index (χ0n) is 25.2. The second-order valence-electron chi connectivity index (χ2n) is 12.0. The van der Waals surface area contributed by atoms with Gasteiger partial charge in [0.05, 0.1) is 33.3 Å². The van der Waals surface area contributed by atoms with Crippen LogP contribution in [-0.2, 0) is 0 Å². The maximum absolute atomic E-state index is 10.5. The van der Waals surface area contributed by atoms with Crippen LogP contribution >= 0.6 is 0 Å². The topological polar surface area (TPSA) is 46.8 Å². The Morgan fingerprint density at radius 3 is 1.91 bits per heavy atom. The van der Waals surface area contributed by atoms with Crippen molar-refractivity contribution in [3.63, 3.8) is 0 Å². The summed E-state index contributed by atoms with van der Waals surface area (Å²) in [6, 6.07) is 55.2. The smallest absolute Gasteiger partial charge is 0.160 e. The largest absolute Gasteiger partial charge is 0.454 e. The summed E-state index contributed by atoms with van der Waals surface area (Å²) in [7, 11) is 0. The Morgan fingerprint density at radius 2 is 1.15 bits per heavy atom. The van der Waals surface area contributed by atoms with Crippen LogP contribution in [0.15, 0.2) is 156 Å². The molecule has 0 atom stereocenters. The van der Waals surface area contributed by atoms with E-state index in [1.165, 1.54) is 0 Å². The fourth-order valence-corrected chi connectivity index (χ4v) is 7.57. The van der Waals surface area contributed by atoms with Crippen LogP contribution in [-0.4, -0.2) is 9.13 Å². The highest BCUT2D eigenvalue weighted by Crippen LogP contribution is 2.43. The summed E-state index contributed by atoms with van der Waals surface area (Å²) in [5.74, 6) is 0. The van der Waals surface area contributed by atoms with E-state index in [0.717, 1.165) is 88.1 Å². The van der Waals surface area contributed by atoms with Gasteiger partial charge in [0, 0.05) is 43.6 Å². The van der Waals surface area contributed by atoms with Crippen molar-refractivity contribution in [1.29, 1.82) is 5.26 Å². The summed E-state index contributed by atoms with van der Waals surface area (Å²) in [6.45, 7) is 0. The van der Waals surface area contributed by atoms with E-state index in [1.54, 1.807) is 0 Å². The van der Waals surface area contributed by atoms with E-state index in [9.17, 15) is 5.26 Å². The van der Waals surface area contributed by atoms with E-state index in [4.69, 9.17) is 4.42 Å². The van der Waals surface area contributed by atoms with Gasteiger partial charge in [0.2, 0.25) is 0 Å². The van der Waals surface area contributed by atoms with E-state index < -0.39 is 0 Å². The first-order valence-electron chi connectivity index (χ1n) is 15.8. The van der Waals surface area contributed by atoms with Crippen molar-refractivity contribution < 1.29 is 4.42 Å². The second-order valence-corrected chi connectivity index (χ2v) is 12.0. The normalized spacial score (nSPS) is 11.8. The van der Waals surface area contributed by atoms with Gasteiger partial charge in [-0.15, -0.1) is 0 Å². The molecule has 4 heteroatoms. The first-order valence-corrected chi connectivity index (χ1v) is 15.8. The molecule has 47 heavy (non-hydrogen) atoms. The average Bonchev–Trinajstić information content (AvgIpc) is 3.79. The number of hydrogen-bond donors (Lipinski definition) is 0. The summed E-state index contributed by atoms with van der Waals surface area (Å²) in [5, 5.41) is 17.2. The first-order chi connectivity index (χ1) is 23.3. The number of aromatic nitrogens is 2. The molecule has 10 rings (SSSR count). The van der Waals surface area contributed by atoms with E-state index in [1.807, 2.05) is 30.3 Å². The molecule has 0 aliphatic rings. The van der Waals surface area contributed by atoms with Crippen molar-refractivity contribution in [3.05, 3.63) is 157 Å². The minimum atomic E-state index is 0.629. The molecule has 0 saturated heterocycles. The maximum atomic E-state index is 10.5. The Kier molecular flexibility index (Phi) is 5.32. The summed E-state index contributed by atoms with van der Waals surface area (Å²) < 4.78 is 11.2. The van der Waals surface area contributed by atoms with Crippen LogP contribution in [0.3, 0.4) is 0 Å². The van der Waals surface area contributed by atoms with Crippen molar-refractivity contribution in [1.82, 2.24) is 9.13 Å². The van der Waals surface area contributed by atoms with E-state index in [0.29, 0.717) is 5.56 Å². The molecule has 3 heterocycles. The molecule has 218 valence electrons. The zero-order chi connectivity index (χ0) is 31.1. The van der Waals surface area contributed by atoms with Crippen LogP contribution in [0.2, 0.25) is 0 Å². The first kappa shape index (κ1) is 25.7. The van der Waals surface area contributed by atoms with E-state index >= 15 is 0 Å². The second kappa shape index (κ2) is 9.71. The van der Waals surface area contributed by atoms with Crippen molar-refractivity contribution in [2.75, 3.05) is 0 Å². The van der Waals surface area contributed by atoms with Gasteiger partial charge in [0.15, 0.2) is 5.58 Å². The molecule has 3 aromatic heterocycles. The molecule has 0 N–H and O–H groups in total. The lowest BCUT2D eigenvalue weighted by Gasteiger charge is -2.16. The van der Waals surface area contributed by atoms with Crippen molar-refractivity contribution >= 4 is 65.6 Å². The van der Waals surface area contributed by atoms with Gasteiger partial charge in [-0.2, -0.15) is 5.26 Å². The van der Waals surface area contributed by atoms with Gasteiger partial charge in [-0.25, -0.2) is 0 Å². The van der Waals surface area contributed by atoms with Crippen LogP contribution < -0.4 is 0 Å².